The maximum absolute atomic E-state index is 12.0. The minimum atomic E-state index is -0.950. The molecule has 2 saturated heterocycles. The van der Waals surface area contributed by atoms with Crippen molar-refractivity contribution < 1.29 is 14.7 Å². The van der Waals surface area contributed by atoms with Crippen LogP contribution in [0.1, 0.15) is 46.0 Å². The van der Waals surface area contributed by atoms with Crippen LogP contribution in [-0.2, 0) is 9.59 Å². The van der Waals surface area contributed by atoms with Crippen molar-refractivity contribution in [1.82, 2.24) is 10.6 Å². The Balaban J connectivity index is 1.82. The van der Waals surface area contributed by atoms with Gasteiger partial charge in [0.25, 0.3) is 0 Å². The third kappa shape index (κ3) is 3.69. The Hall–Kier alpha value is -1.10. The van der Waals surface area contributed by atoms with Crippen molar-refractivity contribution in [3.63, 3.8) is 0 Å². The molecule has 0 radical (unpaired) electrons. The average Bonchev–Trinajstić information content (AvgIpc) is 2.65. The molecule has 3 atom stereocenters. The molecule has 0 aromatic rings. The predicted octanol–water partition coefficient (Wildman–Crippen LogP) is 1.13. The normalized spacial score (nSPS) is 31.2. The molecule has 0 saturated carbocycles. The Labute approximate surface area is 114 Å². The third-order valence-electron chi connectivity index (χ3n) is 4.29. The van der Waals surface area contributed by atoms with Gasteiger partial charge in [-0.25, -0.2) is 4.79 Å². The molecule has 1 amide bonds. The Morgan fingerprint density at radius 3 is 2.32 bits per heavy atom. The molecule has 2 unspecified atom stereocenters. The maximum atomic E-state index is 12.0. The number of amides is 1. The van der Waals surface area contributed by atoms with E-state index in [2.05, 4.69) is 10.6 Å². The number of aliphatic carboxylic acids is 1. The van der Waals surface area contributed by atoms with Crippen molar-refractivity contribution >= 4 is 11.9 Å². The molecule has 108 valence electrons. The van der Waals surface area contributed by atoms with Gasteiger partial charge in [0.2, 0.25) is 5.91 Å². The zero-order chi connectivity index (χ0) is 14.0. The fraction of sp³-hybridized carbons (Fsp3) is 0.857. The minimum Gasteiger partial charge on any atom is -0.480 e. The summed E-state index contributed by atoms with van der Waals surface area (Å²) in [7, 11) is 0. The smallest absolute Gasteiger partial charge is 0.326 e. The van der Waals surface area contributed by atoms with Crippen LogP contribution >= 0.6 is 0 Å². The first kappa shape index (κ1) is 14.3. The number of hydrogen-bond donors (Lipinski definition) is 3. The van der Waals surface area contributed by atoms with Gasteiger partial charge in [-0.3, -0.25) is 4.79 Å². The molecule has 0 aromatic carbocycles. The number of carbonyl (C=O) groups excluding carboxylic acids is 1. The van der Waals surface area contributed by atoms with Gasteiger partial charge in [0.05, 0.1) is 0 Å². The van der Waals surface area contributed by atoms with Crippen LogP contribution in [0.2, 0.25) is 0 Å². The van der Waals surface area contributed by atoms with Crippen molar-refractivity contribution in [2.24, 2.45) is 11.8 Å². The second-order valence-electron chi connectivity index (χ2n) is 6.31. The number of carboxylic acid groups (broad SMARTS) is 1. The van der Waals surface area contributed by atoms with Crippen molar-refractivity contribution in [3.8, 4) is 0 Å². The summed E-state index contributed by atoms with van der Waals surface area (Å²) >= 11 is 0. The Morgan fingerprint density at radius 1 is 1.26 bits per heavy atom. The monoisotopic (exact) mass is 268 g/mol. The topological polar surface area (TPSA) is 78.4 Å². The molecule has 19 heavy (non-hydrogen) atoms. The summed E-state index contributed by atoms with van der Waals surface area (Å²) in [6.45, 7) is 3.62. The van der Waals surface area contributed by atoms with E-state index in [9.17, 15) is 9.59 Å². The summed E-state index contributed by atoms with van der Waals surface area (Å²) in [6.07, 6.45) is 4.98. The Bertz CT molecular complexity index is 345. The van der Waals surface area contributed by atoms with Crippen LogP contribution in [0.5, 0.6) is 0 Å². The lowest BCUT2D eigenvalue weighted by atomic mass is 9.89. The molecule has 2 bridgehead atoms. The van der Waals surface area contributed by atoms with Crippen LogP contribution in [0.15, 0.2) is 0 Å². The predicted molar refractivity (Wildman–Crippen MR) is 71.7 cm³/mol. The van der Waals surface area contributed by atoms with Gasteiger partial charge >= 0.3 is 5.97 Å². The highest BCUT2D eigenvalue weighted by Gasteiger charge is 2.34. The van der Waals surface area contributed by atoms with E-state index in [0.29, 0.717) is 24.4 Å². The van der Waals surface area contributed by atoms with Gasteiger partial charge in [0, 0.05) is 18.5 Å². The first-order valence-corrected chi connectivity index (χ1v) is 7.24. The molecule has 2 rings (SSSR count). The summed E-state index contributed by atoms with van der Waals surface area (Å²) in [6, 6.07) is 0.361. The molecule has 2 heterocycles. The van der Waals surface area contributed by atoms with Gasteiger partial charge < -0.3 is 15.7 Å². The summed E-state index contributed by atoms with van der Waals surface area (Å²) in [5.41, 5.74) is 0. The minimum absolute atomic E-state index is 0.0920. The van der Waals surface area contributed by atoms with E-state index < -0.39 is 12.0 Å². The fourth-order valence-electron chi connectivity index (χ4n) is 3.35. The highest BCUT2D eigenvalue weighted by atomic mass is 16.4. The van der Waals surface area contributed by atoms with Crippen LogP contribution in [-0.4, -0.2) is 35.1 Å². The van der Waals surface area contributed by atoms with E-state index in [0.717, 1.165) is 12.8 Å². The summed E-state index contributed by atoms with van der Waals surface area (Å²) < 4.78 is 0. The number of rotatable bonds is 5. The SMILES string of the molecule is CC(C)[C@@H](NC(=O)CC1CC2CCC(C1)N2)C(=O)O. The van der Waals surface area contributed by atoms with E-state index in [-0.39, 0.29) is 11.8 Å². The van der Waals surface area contributed by atoms with Gasteiger partial charge in [-0.1, -0.05) is 13.8 Å². The van der Waals surface area contributed by atoms with E-state index >= 15 is 0 Å². The standard InChI is InChI=1S/C14H24N2O3/c1-8(2)13(14(18)19)16-12(17)7-9-5-10-3-4-11(6-9)15-10/h8-11,13,15H,3-7H2,1-2H3,(H,16,17)(H,18,19)/t9?,10?,11?,13-/m1/s1. The quantitative estimate of drug-likeness (QED) is 0.698. The Morgan fingerprint density at radius 2 is 1.84 bits per heavy atom. The van der Waals surface area contributed by atoms with Crippen LogP contribution < -0.4 is 10.6 Å². The second-order valence-corrected chi connectivity index (χ2v) is 6.31. The average molecular weight is 268 g/mol. The fourth-order valence-corrected chi connectivity index (χ4v) is 3.35. The van der Waals surface area contributed by atoms with E-state index in [1.54, 1.807) is 0 Å². The lowest BCUT2D eigenvalue weighted by Gasteiger charge is -2.29. The number of carbonyl (C=O) groups is 2. The number of fused-ring (bicyclic) bond motifs is 2. The van der Waals surface area contributed by atoms with E-state index in [1.165, 1.54) is 12.8 Å². The highest BCUT2D eigenvalue weighted by molar-refractivity contribution is 5.83. The van der Waals surface area contributed by atoms with Gasteiger partial charge in [-0.2, -0.15) is 0 Å². The molecule has 5 nitrogen and oxygen atoms in total. The number of hydrogen-bond acceptors (Lipinski definition) is 3. The molecule has 2 aliphatic rings. The first-order chi connectivity index (χ1) is 8.95. The van der Waals surface area contributed by atoms with Crippen molar-refractivity contribution in [2.45, 2.75) is 64.1 Å². The van der Waals surface area contributed by atoms with E-state index in [4.69, 9.17) is 5.11 Å². The van der Waals surface area contributed by atoms with Crippen molar-refractivity contribution in [1.29, 1.82) is 0 Å². The second kappa shape index (κ2) is 5.90. The van der Waals surface area contributed by atoms with Gasteiger partial charge in [-0.15, -0.1) is 0 Å². The van der Waals surface area contributed by atoms with E-state index in [1.807, 2.05) is 13.8 Å². The summed E-state index contributed by atoms with van der Waals surface area (Å²) in [5.74, 6) is -0.757. The van der Waals surface area contributed by atoms with Crippen LogP contribution in [0.4, 0.5) is 0 Å². The lowest BCUT2D eigenvalue weighted by molar-refractivity contribution is -0.143. The van der Waals surface area contributed by atoms with Gasteiger partial charge in [0.15, 0.2) is 0 Å². The number of carboxylic acids is 1. The molecule has 0 aromatic heterocycles. The zero-order valence-electron chi connectivity index (χ0n) is 11.7. The largest absolute Gasteiger partial charge is 0.480 e. The van der Waals surface area contributed by atoms with Gasteiger partial charge in [0.1, 0.15) is 6.04 Å². The van der Waals surface area contributed by atoms with Gasteiger partial charge in [-0.05, 0) is 37.5 Å². The molecule has 5 heteroatoms. The van der Waals surface area contributed by atoms with Crippen molar-refractivity contribution in [3.05, 3.63) is 0 Å². The third-order valence-corrected chi connectivity index (χ3v) is 4.29. The molecule has 3 N–H and O–H groups in total. The van der Waals surface area contributed by atoms with Crippen molar-refractivity contribution in [2.75, 3.05) is 0 Å². The summed E-state index contributed by atoms with van der Waals surface area (Å²) in [5, 5.41) is 15.3. The van der Waals surface area contributed by atoms with Crippen LogP contribution in [0.3, 0.4) is 0 Å². The molecular formula is C14H24N2O3. The molecule has 0 aliphatic carbocycles. The lowest BCUT2D eigenvalue weighted by Crippen LogP contribution is -2.46. The first-order valence-electron chi connectivity index (χ1n) is 7.24. The molecular weight excluding hydrogens is 244 g/mol. The Kier molecular flexibility index (Phi) is 4.45. The maximum Gasteiger partial charge on any atom is 0.326 e. The molecule has 2 aliphatic heterocycles. The number of nitrogens with one attached hydrogen (secondary N) is 2. The molecule has 2 fully saturated rings. The number of piperidine rings is 1. The molecule has 0 spiro atoms. The van der Waals surface area contributed by atoms with Crippen LogP contribution in [0.25, 0.3) is 0 Å². The van der Waals surface area contributed by atoms with Crippen LogP contribution in [0, 0.1) is 11.8 Å². The highest BCUT2D eigenvalue weighted by Crippen LogP contribution is 2.32. The zero-order valence-corrected chi connectivity index (χ0v) is 11.7. The summed E-state index contributed by atoms with van der Waals surface area (Å²) in [4.78, 5) is 23.0.